The second-order valence-corrected chi connectivity index (χ2v) is 6.12. The van der Waals surface area contributed by atoms with Gasteiger partial charge in [0.15, 0.2) is 0 Å². The third kappa shape index (κ3) is 2.45. The number of hydrogen-bond donors (Lipinski definition) is 2. The van der Waals surface area contributed by atoms with E-state index in [4.69, 9.17) is 5.73 Å². The highest BCUT2D eigenvalue weighted by Gasteiger charge is 2.40. The van der Waals surface area contributed by atoms with Crippen molar-refractivity contribution in [1.29, 1.82) is 0 Å². The number of aromatic nitrogens is 1. The Labute approximate surface area is 118 Å². The SMILES string of the molecule is CCC1(CNc2snc(N)c2-c2ccccc2)CC1. The zero-order valence-electron chi connectivity index (χ0n) is 11.1. The monoisotopic (exact) mass is 273 g/mol. The predicted octanol–water partition coefficient (Wildman–Crippen LogP) is 3.99. The Morgan fingerprint density at radius 1 is 1.32 bits per heavy atom. The Bertz CT molecular complexity index is 558. The van der Waals surface area contributed by atoms with Crippen LogP contribution in [0.2, 0.25) is 0 Å². The number of nitrogens with two attached hydrogens (primary N) is 1. The van der Waals surface area contributed by atoms with E-state index < -0.39 is 0 Å². The molecule has 0 amide bonds. The van der Waals surface area contributed by atoms with Crippen LogP contribution in [0.1, 0.15) is 26.2 Å². The summed E-state index contributed by atoms with van der Waals surface area (Å²) < 4.78 is 4.30. The molecule has 0 radical (unpaired) electrons. The maximum atomic E-state index is 6.02. The van der Waals surface area contributed by atoms with Crippen molar-refractivity contribution in [3.05, 3.63) is 30.3 Å². The third-order valence-corrected chi connectivity index (χ3v) is 4.93. The van der Waals surface area contributed by atoms with Crippen LogP contribution in [0.15, 0.2) is 30.3 Å². The molecule has 0 aliphatic heterocycles. The molecule has 4 heteroatoms. The van der Waals surface area contributed by atoms with Crippen LogP contribution in [0.4, 0.5) is 10.8 Å². The molecule has 0 unspecified atom stereocenters. The molecule has 1 aliphatic carbocycles. The van der Waals surface area contributed by atoms with Gasteiger partial charge in [-0.2, -0.15) is 4.37 Å². The van der Waals surface area contributed by atoms with Gasteiger partial charge in [0.2, 0.25) is 0 Å². The molecule has 0 saturated heterocycles. The van der Waals surface area contributed by atoms with E-state index in [9.17, 15) is 0 Å². The Morgan fingerprint density at radius 2 is 2.05 bits per heavy atom. The highest BCUT2D eigenvalue weighted by molar-refractivity contribution is 7.11. The van der Waals surface area contributed by atoms with E-state index in [0.717, 1.165) is 22.7 Å². The molecular formula is C15H19N3S. The summed E-state index contributed by atoms with van der Waals surface area (Å²) in [4.78, 5) is 0. The summed E-state index contributed by atoms with van der Waals surface area (Å²) >= 11 is 1.46. The van der Waals surface area contributed by atoms with Gasteiger partial charge in [0.1, 0.15) is 10.8 Å². The first-order valence-corrected chi connectivity index (χ1v) is 7.56. The number of nitrogens with one attached hydrogen (secondary N) is 1. The lowest BCUT2D eigenvalue weighted by Gasteiger charge is -2.14. The molecule has 1 aromatic heterocycles. The fourth-order valence-corrected chi connectivity index (χ4v) is 3.14. The summed E-state index contributed by atoms with van der Waals surface area (Å²) in [6.07, 6.45) is 3.92. The first-order chi connectivity index (χ1) is 9.24. The van der Waals surface area contributed by atoms with Crippen molar-refractivity contribution >= 4 is 22.4 Å². The molecule has 3 rings (SSSR count). The van der Waals surface area contributed by atoms with Crippen LogP contribution in [0.3, 0.4) is 0 Å². The summed E-state index contributed by atoms with van der Waals surface area (Å²) in [5, 5.41) is 4.66. The molecular weight excluding hydrogens is 254 g/mol. The van der Waals surface area contributed by atoms with Crippen molar-refractivity contribution in [1.82, 2.24) is 4.37 Å². The second-order valence-electron chi connectivity index (χ2n) is 5.35. The molecule has 100 valence electrons. The number of nitrogens with zero attached hydrogens (tertiary/aromatic N) is 1. The minimum atomic E-state index is 0.521. The Morgan fingerprint density at radius 3 is 2.68 bits per heavy atom. The number of benzene rings is 1. The third-order valence-electron chi connectivity index (χ3n) is 4.11. The maximum absolute atomic E-state index is 6.02. The average molecular weight is 273 g/mol. The molecule has 3 nitrogen and oxygen atoms in total. The van der Waals surface area contributed by atoms with Crippen molar-refractivity contribution in [3.63, 3.8) is 0 Å². The molecule has 2 aromatic rings. The Balaban J connectivity index is 1.83. The number of hydrogen-bond acceptors (Lipinski definition) is 4. The molecule has 19 heavy (non-hydrogen) atoms. The summed E-state index contributed by atoms with van der Waals surface area (Å²) in [5.41, 5.74) is 8.73. The van der Waals surface area contributed by atoms with E-state index in [2.05, 4.69) is 28.7 Å². The Kier molecular flexibility index (Phi) is 3.19. The highest BCUT2D eigenvalue weighted by atomic mass is 32.1. The van der Waals surface area contributed by atoms with E-state index in [1.54, 1.807) is 0 Å². The van der Waals surface area contributed by atoms with Crippen LogP contribution in [-0.4, -0.2) is 10.9 Å². The zero-order valence-corrected chi connectivity index (χ0v) is 12.0. The lowest BCUT2D eigenvalue weighted by Crippen LogP contribution is -2.14. The fraction of sp³-hybridized carbons (Fsp3) is 0.400. The maximum Gasteiger partial charge on any atom is 0.147 e. The standard InChI is InChI=1S/C15H19N3S/c1-2-15(8-9-15)10-17-14-12(13(16)18-19-14)11-6-4-3-5-7-11/h3-7,17H,2,8-10H2,1H3,(H2,16,18). The minimum Gasteiger partial charge on any atom is -0.382 e. The van der Waals surface area contributed by atoms with Gasteiger partial charge in [-0.15, -0.1) is 0 Å². The van der Waals surface area contributed by atoms with Gasteiger partial charge < -0.3 is 11.1 Å². The molecule has 1 aliphatic rings. The molecule has 1 saturated carbocycles. The van der Waals surface area contributed by atoms with E-state index in [1.807, 2.05) is 18.2 Å². The Hall–Kier alpha value is -1.55. The average Bonchev–Trinajstić information content (AvgIpc) is 3.15. The second kappa shape index (κ2) is 4.85. The van der Waals surface area contributed by atoms with Crippen LogP contribution in [0.25, 0.3) is 11.1 Å². The van der Waals surface area contributed by atoms with E-state index >= 15 is 0 Å². The van der Waals surface area contributed by atoms with Crippen molar-refractivity contribution in [2.45, 2.75) is 26.2 Å². The normalized spacial score (nSPS) is 16.3. The molecule has 0 bridgehead atoms. The molecule has 1 fully saturated rings. The summed E-state index contributed by atoms with van der Waals surface area (Å²) in [5.74, 6) is 0.625. The lowest BCUT2D eigenvalue weighted by atomic mass is 10.0. The number of rotatable bonds is 5. The number of anilines is 2. The summed E-state index contributed by atoms with van der Waals surface area (Å²) in [6.45, 7) is 3.30. The van der Waals surface area contributed by atoms with Crippen LogP contribution < -0.4 is 11.1 Å². The van der Waals surface area contributed by atoms with Gasteiger partial charge in [-0.05, 0) is 41.8 Å². The lowest BCUT2D eigenvalue weighted by molar-refractivity contribution is 0.522. The molecule has 1 heterocycles. The van der Waals surface area contributed by atoms with Gasteiger partial charge >= 0.3 is 0 Å². The topological polar surface area (TPSA) is 50.9 Å². The first-order valence-electron chi connectivity index (χ1n) is 6.78. The van der Waals surface area contributed by atoms with Crippen LogP contribution in [0, 0.1) is 5.41 Å². The van der Waals surface area contributed by atoms with Gasteiger partial charge in [0.05, 0.1) is 5.56 Å². The quantitative estimate of drug-likeness (QED) is 0.866. The molecule has 0 spiro atoms. The van der Waals surface area contributed by atoms with E-state index in [1.165, 1.54) is 30.8 Å². The zero-order chi connectivity index (χ0) is 13.3. The van der Waals surface area contributed by atoms with Gasteiger partial charge in [-0.1, -0.05) is 37.3 Å². The summed E-state index contributed by atoms with van der Waals surface area (Å²) in [6, 6.07) is 10.2. The van der Waals surface area contributed by atoms with Crippen molar-refractivity contribution in [2.24, 2.45) is 5.41 Å². The largest absolute Gasteiger partial charge is 0.382 e. The predicted molar refractivity (Wildman–Crippen MR) is 82.4 cm³/mol. The van der Waals surface area contributed by atoms with Crippen molar-refractivity contribution in [3.8, 4) is 11.1 Å². The van der Waals surface area contributed by atoms with E-state index in [0.29, 0.717) is 11.2 Å². The van der Waals surface area contributed by atoms with Gasteiger partial charge in [-0.25, -0.2) is 0 Å². The smallest absolute Gasteiger partial charge is 0.147 e. The summed E-state index contributed by atoms with van der Waals surface area (Å²) in [7, 11) is 0. The molecule has 1 aromatic carbocycles. The van der Waals surface area contributed by atoms with Crippen molar-refractivity contribution in [2.75, 3.05) is 17.6 Å². The minimum absolute atomic E-state index is 0.521. The van der Waals surface area contributed by atoms with Crippen LogP contribution in [-0.2, 0) is 0 Å². The van der Waals surface area contributed by atoms with Gasteiger partial charge in [0, 0.05) is 6.54 Å². The van der Waals surface area contributed by atoms with Crippen molar-refractivity contribution < 1.29 is 0 Å². The highest BCUT2D eigenvalue weighted by Crippen LogP contribution is 2.49. The molecule has 3 N–H and O–H groups in total. The molecule has 0 atom stereocenters. The first kappa shape index (κ1) is 12.5. The van der Waals surface area contributed by atoms with Crippen LogP contribution in [0.5, 0.6) is 0 Å². The number of nitrogen functional groups attached to an aromatic ring is 1. The fourth-order valence-electron chi connectivity index (χ4n) is 2.41. The van der Waals surface area contributed by atoms with Gasteiger partial charge in [0.25, 0.3) is 0 Å². The van der Waals surface area contributed by atoms with Gasteiger partial charge in [-0.3, -0.25) is 0 Å². The van der Waals surface area contributed by atoms with E-state index in [-0.39, 0.29) is 0 Å². The van der Waals surface area contributed by atoms with Crippen LogP contribution >= 0.6 is 11.5 Å².